The fraction of sp³-hybridized carbons (Fsp3) is 0.333. The molecule has 0 aliphatic carbocycles. The number of azide groups is 1. The van der Waals surface area contributed by atoms with Crippen molar-refractivity contribution in [2.75, 3.05) is 0 Å². The third-order valence-electron chi connectivity index (χ3n) is 2.62. The molecule has 0 spiro atoms. The Hall–Kier alpha value is -1.27. The Labute approximate surface area is 102 Å². The quantitative estimate of drug-likeness (QED) is 0.284. The van der Waals surface area contributed by atoms with Gasteiger partial charge in [0.05, 0.1) is 6.54 Å². The molecule has 17 heavy (non-hydrogen) atoms. The van der Waals surface area contributed by atoms with E-state index in [1.54, 1.807) is 0 Å². The maximum atomic E-state index is 12.9. The van der Waals surface area contributed by atoms with Crippen molar-refractivity contribution in [2.24, 2.45) is 5.11 Å². The van der Waals surface area contributed by atoms with Gasteiger partial charge in [0.2, 0.25) is 0 Å². The number of nitrogens with zero attached hydrogens (tertiary/aromatic N) is 3. The van der Waals surface area contributed by atoms with Crippen molar-refractivity contribution in [2.45, 2.75) is 25.3 Å². The topological polar surface area (TPSA) is 48.8 Å². The first-order valence-corrected chi connectivity index (χ1v) is 5.26. The molecule has 92 valence electrons. The second kappa shape index (κ2) is 4.93. The number of thiol groups is 1. The van der Waals surface area contributed by atoms with Crippen molar-refractivity contribution in [1.29, 1.82) is 0 Å². The first kappa shape index (κ1) is 13.8. The number of hydrogen-bond acceptors (Lipinski definition) is 2. The molecule has 0 aliphatic heterocycles. The summed E-state index contributed by atoms with van der Waals surface area (Å²) < 4.78 is 38.8. The SMILES string of the molecule is Cc1c(S)cc(CN=[N+]=[N-])c(C)c1[B-](F)(F)F. The van der Waals surface area contributed by atoms with E-state index in [0.29, 0.717) is 5.56 Å². The van der Waals surface area contributed by atoms with Gasteiger partial charge in [0.25, 0.3) is 0 Å². The minimum atomic E-state index is -5.10. The van der Waals surface area contributed by atoms with Gasteiger partial charge in [-0.15, -0.1) is 18.1 Å². The van der Waals surface area contributed by atoms with Crippen molar-refractivity contribution in [3.05, 3.63) is 33.2 Å². The molecule has 0 heterocycles. The van der Waals surface area contributed by atoms with Gasteiger partial charge < -0.3 is 12.9 Å². The molecule has 8 heteroatoms. The van der Waals surface area contributed by atoms with Crippen LogP contribution in [0.3, 0.4) is 0 Å². The zero-order valence-corrected chi connectivity index (χ0v) is 10.2. The van der Waals surface area contributed by atoms with Crippen LogP contribution in [0.1, 0.15) is 16.7 Å². The van der Waals surface area contributed by atoms with Crippen LogP contribution in [0.2, 0.25) is 0 Å². The van der Waals surface area contributed by atoms with E-state index in [2.05, 4.69) is 22.7 Å². The summed E-state index contributed by atoms with van der Waals surface area (Å²) in [6.45, 7) is -2.43. The Morgan fingerprint density at radius 1 is 1.35 bits per heavy atom. The summed E-state index contributed by atoms with van der Waals surface area (Å²) in [5.41, 5.74) is 8.13. The smallest absolute Gasteiger partial charge is 0.445 e. The lowest BCUT2D eigenvalue weighted by molar-refractivity contribution is 0.499. The van der Waals surface area contributed by atoms with Crippen molar-refractivity contribution in [3.8, 4) is 0 Å². The monoisotopic (exact) mass is 260 g/mol. The van der Waals surface area contributed by atoms with Gasteiger partial charge in [0.1, 0.15) is 0 Å². The molecular formula is C9H10BF3N3S-. The van der Waals surface area contributed by atoms with Crippen molar-refractivity contribution in [3.63, 3.8) is 0 Å². The fourth-order valence-corrected chi connectivity index (χ4v) is 2.01. The molecule has 1 aromatic rings. The Kier molecular flexibility index (Phi) is 4.01. The van der Waals surface area contributed by atoms with Gasteiger partial charge in [-0.05, 0) is 31.0 Å². The molecule has 0 N–H and O–H groups in total. The van der Waals surface area contributed by atoms with E-state index in [1.807, 2.05) is 0 Å². The minimum Gasteiger partial charge on any atom is -0.445 e. The van der Waals surface area contributed by atoms with Gasteiger partial charge in [-0.25, -0.2) is 0 Å². The largest absolute Gasteiger partial charge is 0.510 e. The van der Waals surface area contributed by atoms with E-state index in [-0.39, 0.29) is 22.6 Å². The van der Waals surface area contributed by atoms with Gasteiger partial charge in [-0.2, -0.15) is 0 Å². The molecule has 0 bridgehead atoms. The molecule has 0 aliphatic rings. The van der Waals surface area contributed by atoms with Crippen molar-refractivity contribution in [1.82, 2.24) is 0 Å². The molecule has 1 aromatic carbocycles. The highest BCUT2D eigenvalue weighted by Gasteiger charge is 2.30. The highest BCUT2D eigenvalue weighted by Crippen LogP contribution is 2.23. The molecule has 0 radical (unpaired) electrons. The van der Waals surface area contributed by atoms with Crippen LogP contribution < -0.4 is 5.46 Å². The van der Waals surface area contributed by atoms with Crippen molar-refractivity contribution < 1.29 is 12.9 Å². The summed E-state index contributed by atoms with van der Waals surface area (Å²) in [6, 6.07) is 1.51. The molecule has 0 fully saturated rings. The predicted molar refractivity (Wildman–Crippen MR) is 64.7 cm³/mol. The highest BCUT2D eigenvalue weighted by atomic mass is 32.1. The van der Waals surface area contributed by atoms with E-state index in [9.17, 15) is 12.9 Å². The van der Waals surface area contributed by atoms with E-state index in [0.717, 1.165) is 0 Å². The van der Waals surface area contributed by atoms with Crippen LogP contribution >= 0.6 is 12.6 Å². The average molecular weight is 260 g/mol. The third kappa shape index (κ3) is 2.89. The van der Waals surface area contributed by atoms with Gasteiger partial charge in [-0.3, -0.25) is 0 Å². The Morgan fingerprint density at radius 2 is 1.94 bits per heavy atom. The van der Waals surface area contributed by atoms with Crippen molar-refractivity contribution >= 4 is 25.1 Å². The number of benzene rings is 1. The zero-order chi connectivity index (χ0) is 13.2. The predicted octanol–water partition coefficient (Wildman–Crippen LogP) is 3.46. The second-order valence-corrected chi connectivity index (χ2v) is 4.16. The second-order valence-electron chi connectivity index (χ2n) is 3.68. The standard InChI is InChI=1S/C9H10BF3N3S/c1-5-7(4-15-16-14)3-8(17)6(2)9(5)10(11,12)13/h3,17H,4H2,1-2H3/q-1. The fourth-order valence-electron chi connectivity index (χ4n) is 1.74. The van der Waals surface area contributed by atoms with E-state index in [4.69, 9.17) is 5.53 Å². The van der Waals surface area contributed by atoms with Gasteiger partial charge >= 0.3 is 6.98 Å². The number of halogens is 3. The molecule has 0 saturated heterocycles. The van der Waals surface area contributed by atoms with E-state index >= 15 is 0 Å². The molecule has 1 rings (SSSR count). The third-order valence-corrected chi connectivity index (χ3v) is 3.08. The molecular weight excluding hydrogens is 250 g/mol. The van der Waals surface area contributed by atoms with Crippen LogP contribution in [0, 0.1) is 13.8 Å². The maximum Gasteiger partial charge on any atom is 0.510 e. The summed E-state index contributed by atoms with van der Waals surface area (Å²) in [4.78, 5) is 2.80. The Bertz CT molecular complexity index is 495. The summed E-state index contributed by atoms with van der Waals surface area (Å²) in [5.74, 6) is 0. The van der Waals surface area contributed by atoms with E-state index in [1.165, 1.54) is 19.9 Å². The summed E-state index contributed by atoms with van der Waals surface area (Å²) in [6.07, 6.45) is 0. The summed E-state index contributed by atoms with van der Waals surface area (Å²) >= 11 is 4.01. The lowest BCUT2D eigenvalue weighted by Gasteiger charge is -2.24. The Morgan fingerprint density at radius 3 is 2.41 bits per heavy atom. The van der Waals surface area contributed by atoms with Crippen LogP contribution in [0.4, 0.5) is 12.9 Å². The molecule has 0 amide bonds. The number of hydrogen-bond donors (Lipinski definition) is 1. The minimum absolute atomic E-state index is 0.102. The zero-order valence-electron chi connectivity index (χ0n) is 9.28. The summed E-state index contributed by atoms with van der Waals surface area (Å²) in [5, 5.41) is 3.28. The van der Waals surface area contributed by atoms with Crippen LogP contribution in [-0.2, 0) is 6.54 Å². The van der Waals surface area contributed by atoms with Crippen LogP contribution in [0.25, 0.3) is 10.4 Å². The van der Waals surface area contributed by atoms with Crippen LogP contribution in [-0.4, -0.2) is 6.98 Å². The highest BCUT2D eigenvalue weighted by molar-refractivity contribution is 7.80. The average Bonchev–Trinajstić information content (AvgIpc) is 2.20. The lowest BCUT2D eigenvalue weighted by atomic mass is 9.73. The van der Waals surface area contributed by atoms with Crippen LogP contribution in [0.5, 0.6) is 0 Å². The molecule has 0 saturated carbocycles. The Balaban J connectivity index is 3.48. The maximum absolute atomic E-state index is 12.9. The van der Waals surface area contributed by atoms with Gasteiger partial charge in [0, 0.05) is 9.81 Å². The van der Waals surface area contributed by atoms with Gasteiger partial charge in [-0.1, -0.05) is 16.2 Å². The first-order chi connectivity index (χ1) is 7.79. The molecule has 0 unspecified atom stereocenters. The van der Waals surface area contributed by atoms with Crippen LogP contribution in [0.15, 0.2) is 16.1 Å². The molecule has 3 nitrogen and oxygen atoms in total. The lowest BCUT2D eigenvalue weighted by Crippen LogP contribution is -2.39. The first-order valence-electron chi connectivity index (χ1n) is 4.81. The normalized spacial score (nSPS) is 11.2. The molecule has 0 atom stereocenters. The van der Waals surface area contributed by atoms with E-state index < -0.39 is 12.4 Å². The summed E-state index contributed by atoms with van der Waals surface area (Å²) in [7, 11) is 0. The van der Waals surface area contributed by atoms with Gasteiger partial charge in [0.15, 0.2) is 0 Å². The molecule has 0 aromatic heterocycles. The number of rotatable bonds is 3.